The van der Waals surface area contributed by atoms with Gasteiger partial charge in [0.1, 0.15) is 5.75 Å². The average Bonchev–Trinajstić information content (AvgIpc) is 3.31. The summed E-state index contributed by atoms with van der Waals surface area (Å²) in [5, 5.41) is 9.93. The fraction of sp³-hybridized carbons (Fsp3) is 0.600. The first-order valence-electron chi connectivity index (χ1n) is 8.84. The molecule has 2 nitrogen and oxygen atoms in total. The predicted octanol–water partition coefficient (Wildman–Crippen LogP) is 4.10. The van der Waals surface area contributed by atoms with Crippen molar-refractivity contribution in [3.05, 3.63) is 42.0 Å². The van der Waals surface area contributed by atoms with Gasteiger partial charge in [-0.05, 0) is 74.6 Å². The number of aromatic hydroxyl groups is 1. The van der Waals surface area contributed by atoms with E-state index in [1.54, 1.807) is 6.07 Å². The van der Waals surface area contributed by atoms with Crippen LogP contribution in [-0.4, -0.2) is 29.6 Å². The quantitative estimate of drug-likeness (QED) is 0.849. The van der Waals surface area contributed by atoms with Gasteiger partial charge in [0.2, 0.25) is 0 Å². The molecule has 0 bridgehead atoms. The molecule has 2 aliphatic carbocycles. The van der Waals surface area contributed by atoms with E-state index in [9.17, 15) is 5.11 Å². The largest absolute Gasteiger partial charge is 0.508 e. The molecule has 1 N–H and O–H groups in total. The zero-order valence-corrected chi connectivity index (χ0v) is 13.4. The van der Waals surface area contributed by atoms with Crippen molar-refractivity contribution in [3.8, 4) is 5.75 Å². The first kappa shape index (κ1) is 14.3. The Balaban J connectivity index is 1.61. The number of allylic oxidation sites excluding steroid dienone is 1. The highest BCUT2D eigenvalue weighted by Gasteiger charge is 2.46. The second-order valence-corrected chi connectivity index (χ2v) is 7.81. The molecule has 1 heterocycles. The van der Waals surface area contributed by atoms with E-state index in [-0.39, 0.29) is 5.41 Å². The van der Waals surface area contributed by atoms with Gasteiger partial charge in [-0.15, -0.1) is 0 Å². The maximum Gasteiger partial charge on any atom is 0.115 e. The fourth-order valence-corrected chi connectivity index (χ4v) is 4.75. The first-order chi connectivity index (χ1) is 10.7. The van der Waals surface area contributed by atoms with Crippen molar-refractivity contribution >= 4 is 0 Å². The van der Waals surface area contributed by atoms with E-state index < -0.39 is 0 Å². The van der Waals surface area contributed by atoms with E-state index in [0.717, 1.165) is 18.8 Å². The SMILES string of the molecule is C=C1CCC2(c3cccc(O)c3)CCN(CC3CC3)C[C@@H]2C1. The molecule has 4 rings (SSSR count). The molecule has 0 aromatic heterocycles. The van der Waals surface area contributed by atoms with Crippen molar-refractivity contribution in [2.24, 2.45) is 11.8 Å². The summed E-state index contributed by atoms with van der Waals surface area (Å²) in [5.74, 6) is 2.05. The Morgan fingerprint density at radius 2 is 2.14 bits per heavy atom. The van der Waals surface area contributed by atoms with Gasteiger partial charge in [0, 0.05) is 18.5 Å². The van der Waals surface area contributed by atoms with Gasteiger partial charge < -0.3 is 10.0 Å². The summed E-state index contributed by atoms with van der Waals surface area (Å²) < 4.78 is 0. The zero-order chi connectivity index (χ0) is 15.2. The van der Waals surface area contributed by atoms with Crippen LogP contribution in [0.1, 0.15) is 44.1 Å². The molecule has 2 saturated carbocycles. The van der Waals surface area contributed by atoms with Gasteiger partial charge in [-0.2, -0.15) is 0 Å². The molecule has 1 aromatic carbocycles. The number of hydrogen-bond donors (Lipinski definition) is 1. The lowest BCUT2D eigenvalue weighted by Gasteiger charge is -2.51. The standard InChI is InChI=1S/C20H27NO/c1-15-7-8-20(17-3-2-4-19(22)12-17)9-10-21(13-16-5-6-16)14-18(20)11-15/h2-4,12,16,18,22H,1,5-11,13-14H2/t18-,20?/m0/s1. The minimum atomic E-state index is 0.264. The molecule has 1 saturated heterocycles. The fourth-order valence-electron chi connectivity index (χ4n) is 4.75. The lowest BCUT2D eigenvalue weighted by Crippen LogP contribution is -2.52. The van der Waals surface area contributed by atoms with Crippen molar-refractivity contribution in [1.29, 1.82) is 0 Å². The van der Waals surface area contributed by atoms with E-state index in [1.807, 2.05) is 12.1 Å². The van der Waals surface area contributed by atoms with Crippen LogP contribution in [0.15, 0.2) is 36.4 Å². The Morgan fingerprint density at radius 3 is 2.91 bits per heavy atom. The highest BCUT2D eigenvalue weighted by Crippen LogP contribution is 2.50. The molecule has 1 unspecified atom stereocenters. The van der Waals surface area contributed by atoms with Crippen LogP contribution in [0.4, 0.5) is 0 Å². The Labute approximate surface area is 133 Å². The van der Waals surface area contributed by atoms with Crippen molar-refractivity contribution in [3.63, 3.8) is 0 Å². The van der Waals surface area contributed by atoms with Crippen LogP contribution in [0.2, 0.25) is 0 Å². The first-order valence-corrected chi connectivity index (χ1v) is 8.84. The number of piperidine rings is 1. The van der Waals surface area contributed by atoms with E-state index in [0.29, 0.717) is 11.7 Å². The van der Waals surface area contributed by atoms with Gasteiger partial charge in [-0.25, -0.2) is 0 Å². The predicted molar refractivity (Wildman–Crippen MR) is 90.0 cm³/mol. The monoisotopic (exact) mass is 297 g/mol. The van der Waals surface area contributed by atoms with E-state index in [1.165, 1.54) is 56.5 Å². The molecule has 0 amide bonds. The molecule has 118 valence electrons. The molecule has 2 atom stereocenters. The van der Waals surface area contributed by atoms with Crippen LogP contribution < -0.4 is 0 Å². The number of phenolic OH excluding ortho intramolecular Hbond substituents is 1. The van der Waals surface area contributed by atoms with Crippen molar-refractivity contribution < 1.29 is 5.11 Å². The molecule has 3 aliphatic rings. The molecular weight excluding hydrogens is 270 g/mol. The van der Waals surface area contributed by atoms with Crippen LogP contribution in [0.3, 0.4) is 0 Å². The molecule has 22 heavy (non-hydrogen) atoms. The number of rotatable bonds is 3. The third-order valence-electron chi connectivity index (χ3n) is 6.23. The Bertz CT molecular complexity index is 577. The molecular formula is C20H27NO. The smallest absolute Gasteiger partial charge is 0.115 e. The molecule has 0 spiro atoms. The van der Waals surface area contributed by atoms with Gasteiger partial charge in [0.15, 0.2) is 0 Å². The van der Waals surface area contributed by atoms with E-state index in [2.05, 4.69) is 17.5 Å². The van der Waals surface area contributed by atoms with Gasteiger partial charge in [0.05, 0.1) is 0 Å². The number of hydrogen-bond acceptors (Lipinski definition) is 2. The number of nitrogens with zero attached hydrogens (tertiary/aromatic N) is 1. The maximum atomic E-state index is 9.93. The van der Waals surface area contributed by atoms with Gasteiger partial charge >= 0.3 is 0 Å². The summed E-state index contributed by atoms with van der Waals surface area (Å²) in [7, 11) is 0. The summed E-state index contributed by atoms with van der Waals surface area (Å²) in [5.41, 5.74) is 3.05. The zero-order valence-electron chi connectivity index (χ0n) is 13.4. The van der Waals surface area contributed by atoms with Crippen LogP contribution in [-0.2, 0) is 5.41 Å². The van der Waals surface area contributed by atoms with Crippen LogP contribution >= 0.6 is 0 Å². The number of benzene rings is 1. The maximum absolute atomic E-state index is 9.93. The number of phenols is 1. The lowest BCUT2D eigenvalue weighted by molar-refractivity contribution is 0.0679. The van der Waals surface area contributed by atoms with E-state index in [4.69, 9.17) is 0 Å². The summed E-state index contributed by atoms with van der Waals surface area (Å²) in [6, 6.07) is 8.05. The number of fused-ring (bicyclic) bond motifs is 1. The minimum absolute atomic E-state index is 0.264. The van der Waals surface area contributed by atoms with Crippen molar-refractivity contribution in [1.82, 2.24) is 4.90 Å². The second kappa shape index (κ2) is 5.42. The minimum Gasteiger partial charge on any atom is -0.508 e. The van der Waals surface area contributed by atoms with Crippen molar-refractivity contribution in [2.45, 2.75) is 43.9 Å². The third kappa shape index (κ3) is 2.58. The Morgan fingerprint density at radius 1 is 1.27 bits per heavy atom. The number of likely N-dealkylation sites (tertiary alicyclic amines) is 1. The van der Waals surface area contributed by atoms with Gasteiger partial charge in [-0.3, -0.25) is 0 Å². The molecule has 2 heteroatoms. The van der Waals surface area contributed by atoms with Crippen molar-refractivity contribution in [2.75, 3.05) is 19.6 Å². The Hall–Kier alpha value is -1.28. The lowest BCUT2D eigenvalue weighted by atomic mass is 9.58. The molecule has 3 fully saturated rings. The molecule has 0 radical (unpaired) electrons. The topological polar surface area (TPSA) is 23.5 Å². The summed E-state index contributed by atoms with van der Waals surface area (Å²) >= 11 is 0. The van der Waals surface area contributed by atoms with Gasteiger partial charge in [-0.1, -0.05) is 24.3 Å². The Kier molecular flexibility index (Phi) is 3.53. The highest BCUT2D eigenvalue weighted by molar-refractivity contribution is 5.36. The van der Waals surface area contributed by atoms with Crippen LogP contribution in [0.25, 0.3) is 0 Å². The summed E-state index contributed by atoms with van der Waals surface area (Å²) in [4.78, 5) is 2.70. The highest BCUT2D eigenvalue weighted by atomic mass is 16.3. The van der Waals surface area contributed by atoms with Gasteiger partial charge in [0.25, 0.3) is 0 Å². The van der Waals surface area contributed by atoms with Crippen LogP contribution in [0, 0.1) is 11.8 Å². The molecule has 1 aromatic rings. The van der Waals surface area contributed by atoms with E-state index >= 15 is 0 Å². The third-order valence-corrected chi connectivity index (χ3v) is 6.23. The summed E-state index contributed by atoms with van der Waals surface area (Å²) in [6.45, 7) is 8.01. The van der Waals surface area contributed by atoms with Crippen LogP contribution in [0.5, 0.6) is 5.75 Å². The summed E-state index contributed by atoms with van der Waals surface area (Å²) in [6.07, 6.45) is 7.63. The second-order valence-electron chi connectivity index (χ2n) is 7.81. The normalized spacial score (nSPS) is 32.7. The molecule has 1 aliphatic heterocycles. The average molecular weight is 297 g/mol.